The molecule has 34 heavy (non-hydrogen) atoms. The van der Waals surface area contributed by atoms with Crippen LogP contribution in [0.4, 0.5) is 0 Å². The van der Waals surface area contributed by atoms with Crippen molar-refractivity contribution in [2.75, 3.05) is 13.6 Å². The second-order valence-corrected chi connectivity index (χ2v) is 8.35. The molecule has 4 aromatic carbocycles. The lowest BCUT2D eigenvalue weighted by Gasteiger charge is -2.19. The zero-order valence-electron chi connectivity index (χ0n) is 19.1. The van der Waals surface area contributed by atoms with Crippen LogP contribution in [0, 0.1) is 0 Å². The highest BCUT2D eigenvalue weighted by atomic mass is 16.4. The third-order valence-electron chi connectivity index (χ3n) is 5.95. The number of aliphatic carboxylic acids is 1. The van der Waals surface area contributed by atoms with E-state index in [-0.39, 0.29) is 12.3 Å². The van der Waals surface area contributed by atoms with Crippen LogP contribution >= 0.6 is 0 Å². The largest absolute Gasteiger partial charge is 0.478 e. The first-order valence-electron chi connectivity index (χ1n) is 11.3. The van der Waals surface area contributed by atoms with Gasteiger partial charge in [0, 0.05) is 19.7 Å². The Hall–Kier alpha value is -4.18. The zero-order chi connectivity index (χ0) is 23.9. The van der Waals surface area contributed by atoms with Crippen LogP contribution in [0.3, 0.4) is 0 Å². The lowest BCUT2D eigenvalue weighted by molar-refractivity contribution is -0.131. The first-order valence-corrected chi connectivity index (χ1v) is 11.3. The van der Waals surface area contributed by atoms with Crippen LogP contribution in [0.2, 0.25) is 0 Å². The van der Waals surface area contributed by atoms with Gasteiger partial charge in [-0.3, -0.25) is 4.79 Å². The lowest BCUT2D eigenvalue weighted by atomic mass is 9.92. The summed E-state index contributed by atoms with van der Waals surface area (Å²) in [4.78, 5) is 26.0. The number of nitrogens with zero attached hydrogens (tertiary/aromatic N) is 1. The molecule has 170 valence electrons. The minimum absolute atomic E-state index is 0.0294. The van der Waals surface area contributed by atoms with Crippen LogP contribution in [0.25, 0.3) is 28.0 Å². The standard InChI is InChI=1S/C30H27NO3/c1-31(18-17-22-9-4-2-5-10-22)29(32)21-25-19-23(15-16-30(33)34)20-28-26(13-8-14-27(25)28)24-11-6-3-7-12-24/h2-16,19-20H,17-18,21H2,1H3,(H,33,34). The molecule has 0 radical (unpaired) electrons. The Balaban J connectivity index is 1.67. The van der Waals surface area contributed by atoms with Crippen molar-refractivity contribution in [3.63, 3.8) is 0 Å². The van der Waals surface area contributed by atoms with Crippen LogP contribution in [0.5, 0.6) is 0 Å². The SMILES string of the molecule is CN(CCc1ccccc1)C(=O)Cc1cc(C=CC(=O)O)cc2c(-c3ccccc3)cccc12. The number of carboxylic acid groups (broad SMARTS) is 1. The molecule has 0 bridgehead atoms. The Kier molecular flexibility index (Phi) is 7.19. The van der Waals surface area contributed by atoms with E-state index in [1.165, 1.54) is 5.56 Å². The van der Waals surface area contributed by atoms with Crippen LogP contribution in [0.15, 0.2) is 97.1 Å². The summed E-state index contributed by atoms with van der Waals surface area (Å²) in [5.74, 6) is -0.976. The monoisotopic (exact) mass is 449 g/mol. The van der Waals surface area contributed by atoms with E-state index in [1.807, 2.05) is 67.7 Å². The summed E-state index contributed by atoms with van der Waals surface area (Å²) < 4.78 is 0. The molecule has 0 aliphatic rings. The van der Waals surface area contributed by atoms with Gasteiger partial charge in [0.2, 0.25) is 5.91 Å². The van der Waals surface area contributed by atoms with Crippen molar-refractivity contribution in [2.45, 2.75) is 12.8 Å². The second-order valence-electron chi connectivity index (χ2n) is 8.35. The van der Waals surface area contributed by atoms with E-state index in [0.29, 0.717) is 6.54 Å². The van der Waals surface area contributed by atoms with Gasteiger partial charge in [0.05, 0.1) is 6.42 Å². The van der Waals surface area contributed by atoms with Gasteiger partial charge in [0.15, 0.2) is 0 Å². The molecule has 0 saturated heterocycles. The molecule has 0 aromatic heterocycles. The molecular weight excluding hydrogens is 422 g/mol. The van der Waals surface area contributed by atoms with Gasteiger partial charge >= 0.3 is 5.97 Å². The summed E-state index contributed by atoms with van der Waals surface area (Å²) in [5, 5.41) is 11.1. The highest BCUT2D eigenvalue weighted by Gasteiger charge is 2.14. The Morgan fingerprint density at radius 1 is 0.853 bits per heavy atom. The molecular formula is C30H27NO3. The van der Waals surface area contributed by atoms with Gasteiger partial charge in [-0.1, -0.05) is 84.9 Å². The average Bonchev–Trinajstić information content (AvgIpc) is 2.86. The van der Waals surface area contributed by atoms with Crippen molar-refractivity contribution in [2.24, 2.45) is 0 Å². The number of fused-ring (bicyclic) bond motifs is 1. The van der Waals surface area contributed by atoms with Gasteiger partial charge in [0.25, 0.3) is 0 Å². The van der Waals surface area contributed by atoms with E-state index in [1.54, 1.807) is 11.0 Å². The molecule has 4 rings (SSSR count). The van der Waals surface area contributed by atoms with Gasteiger partial charge in [-0.2, -0.15) is 0 Å². The fraction of sp³-hybridized carbons (Fsp3) is 0.133. The molecule has 0 saturated carbocycles. The van der Waals surface area contributed by atoms with Gasteiger partial charge in [-0.25, -0.2) is 4.79 Å². The summed E-state index contributed by atoms with van der Waals surface area (Å²) in [6.45, 7) is 0.634. The summed E-state index contributed by atoms with van der Waals surface area (Å²) in [7, 11) is 1.83. The maximum absolute atomic E-state index is 13.1. The molecule has 0 spiro atoms. The maximum atomic E-state index is 13.1. The van der Waals surface area contributed by atoms with Crippen molar-refractivity contribution in [3.05, 3.63) is 114 Å². The van der Waals surface area contributed by atoms with Crippen molar-refractivity contribution in [3.8, 4) is 11.1 Å². The summed E-state index contributed by atoms with van der Waals surface area (Å²) in [5.41, 5.74) is 4.96. The first kappa shape index (κ1) is 23.0. The van der Waals surface area contributed by atoms with Gasteiger partial charge in [-0.15, -0.1) is 0 Å². The molecule has 4 aromatic rings. The molecule has 4 heteroatoms. The van der Waals surface area contributed by atoms with Crippen LogP contribution < -0.4 is 0 Å². The molecule has 4 nitrogen and oxygen atoms in total. The zero-order valence-corrected chi connectivity index (χ0v) is 19.1. The third kappa shape index (κ3) is 5.59. The molecule has 0 unspecified atom stereocenters. The number of benzene rings is 4. The molecule has 0 atom stereocenters. The molecule has 0 aliphatic carbocycles. The minimum atomic E-state index is -1.00. The van der Waals surface area contributed by atoms with E-state index in [0.717, 1.165) is 45.5 Å². The fourth-order valence-electron chi connectivity index (χ4n) is 4.13. The Morgan fingerprint density at radius 2 is 1.56 bits per heavy atom. The summed E-state index contributed by atoms with van der Waals surface area (Å²) >= 11 is 0. The molecule has 1 N–H and O–H groups in total. The van der Waals surface area contributed by atoms with E-state index in [2.05, 4.69) is 30.3 Å². The molecule has 1 amide bonds. The highest BCUT2D eigenvalue weighted by Crippen LogP contribution is 2.32. The van der Waals surface area contributed by atoms with Crippen molar-refractivity contribution in [1.29, 1.82) is 0 Å². The second kappa shape index (κ2) is 10.6. The number of carbonyl (C=O) groups is 2. The highest BCUT2D eigenvalue weighted by molar-refractivity contribution is 6.01. The van der Waals surface area contributed by atoms with Crippen LogP contribution in [-0.2, 0) is 22.4 Å². The summed E-state index contributed by atoms with van der Waals surface area (Å²) in [6.07, 6.45) is 3.75. The Labute approximate surface area is 199 Å². The minimum Gasteiger partial charge on any atom is -0.478 e. The predicted octanol–water partition coefficient (Wildman–Crippen LogP) is 5.85. The smallest absolute Gasteiger partial charge is 0.328 e. The first-order chi connectivity index (χ1) is 16.5. The normalized spacial score (nSPS) is 11.1. The van der Waals surface area contributed by atoms with Crippen molar-refractivity contribution < 1.29 is 14.7 Å². The van der Waals surface area contributed by atoms with E-state index >= 15 is 0 Å². The van der Waals surface area contributed by atoms with E-state index in [4.69, 9.17) is 5.11 Å². The quantitative estimate of drug-likeness (QED) is 0.343. The van der Waals surface area contributed by atoms with Gasteiger partial charge in [-0.05, 0) is 57.2 Å². The average molecular weight is 450 g/mol. The molecule has 0 fully saturated rings. The topological polar surface area (TPSA) is 57.6 Å². The Morgan fingerprint density at radius 3 is 2.26 bits per heavy atom. The van der Waals surface area contributed by atoms with Gasteiger partial charge < -0.3 is 10.0 Å². The van der Waals surface area contributed by atoms with Crippen LogP contribution in [0.1, 0.15) is 16.7 Å². The lowest BCUT2D eigenvalue weighted by Crippen LogP contribution is -2.30. The number of amides is 1. The Bertz CT molecular complexity index is 1330. The van der Waals surface area contributed by atoms with E-state index in [9.17, 15) is 9.59 Å². The number of carboxylic acids is 1. The molecule has 0 heterocycles. The van der Waals surface area contributed by atoms with Crippen molar-refractivity contribution >= 4 is 28.7 Å². The number of hydrogen-bond donors (Lipinski definition) is 1. The predicted molar refractivity (Wildman–Crippen MR) is 138 cm³/mol. The van der Waals surface area contributed by atoms with E-state index < -0.39 is 5.97 Å². The fourth-order valence-corrected chi connectivity index (χ4v) is 4.13. The maximum Gasteiger partial charge on any atom is 0.328 e. The number of likely N-dealkylation sites (N-methyl/N-ethyl adjacent to an activating group) is 1. The van der Waals surface area contributed by atoms with Gasteiger partial charge in [0.1, 0.15) is 0 Å². The number of rotatable bonds is 8. The van der Waals surface area contributed by atoms with Crippen LogP contribution in [-0.4, -0.2) is 35.5 Å². The van der Waals surface area contributed by atoms with Crippen molar-refractivity contribution in [1.82, 2.24) is 4.90 Å². The molecule has 0 aliphatic heterocycles. The number of carbonyl (C=O) groups excluding carboxylic acids is 1. The number of hydrogen-bond acceptors (Lipinski definition) is 2. The summed E-state index contributed by atoms with van der Waals surface area (Å²) in [6, 6.07) is 30.2. The third-order valence-corrected chi connectivity index (χ3v) is 5.95.